The summed E-state index contributed by atoms with van der Waals surface area (Å²) in [4.78, 5) is 4.14. The molecule has 0 atom stereocenters. The summed E-state index contributed by atoms with van der Waals surface area (Å²) in [5, 5.41) is 1.13. The lowest BCUT2D eigenvalue weighted by Gasteiger charge is -2.07. The van der Waals surface area contributed by atoms with E-state index in [2.05, 4.69) is 25.3 Å². The molecule has 1 aliphatic rings. The Balaban J connectivity index is 1.83. The minimum Gasteiger partial charge on any atom is -0.216 e. The SMILES string of the molecule is BrCC1(CSc2ncns2)CC1. The molecule has 1 heterocycles. The van der Waals surface area contributed by atoms with Crippen LogP contribution in [0.25, 0.3) is 0 Å². The topological polar surface area (TPSA) is 25.8 Å². The second kappa shape index (κ2) is 3.64. The van der Waals surface area contributed by atoms with Crippen molar-refractivity contribution < 1.29 is 0 Å². The van der Waals surface area contributed by atoms with E-state index in [1.165, 1.54) is 30.1 Å². The van der Waals surface area contributed by atoms with Gasteiger partial charge in [-0.1, -0.05) is 27.7 Å². The average molecular weight is 265 g/mol. The zero-order valence-corrected chi connectivity index (χ0v) is 9.71. The third kappa shape index (κ3) is 2.00. The minimum atomic E-state index is 0.580. The molecule has 0 spiro atoms. The molecule has 1 aromatic heterocycles. The average Bonchev–Trinajstić information content (AvgIpc) is 2.70. The lowest BCUT2D eigenvalue weighted by Crippen LogP contribution is -2.04. The number of thioether (sulfide) groups is 1. The van der Waals surface area contributed by atoms with Gasteiger partial charge in [-0.2, -0.15) is 4.37 Å². The fraction of sp³-hybridized carbons (Fsp3) is 0.714. The summed E-state index contributed by atoms with van der Waals surface area (Å²) in [6.45, 7) is 0. The van der Waals surface area contributed by atoms with E-state index in [1.807, 2.05) is 11.8 Å². The molecule has 1 saturated carbocycles. The Hall–Kier alpha value is 0.390. The quantitative estimate of drug-likeness (QED) is 0.618. The molecule has 0 saturated heterocycles. The number of halogens is 1. The van der Waals surface area contributed by atoms with E-state index in [4.69, 9.17) is 0 Å². The smallest absolute Gasteiger partial charge is 0.169 e. The normalized spacial score (nSPS) is 19.4. The van der Waals surface area contributed by atoms with E-state index in [9.17, 15) is 0 Å². The van der Waals surface area contributed by atoms with Crippen LogP contribution in [0.5, 0.6) is 0 Å². The monoisotopic (exact) mass is 264 g/mol. The van der Waals surface area contributed by atoms with Crippen LogP contribution in [0.3, 0.4) is 0 Å². The van der Waals surface area contributed by atoms with Crippen molar-refractivity contribution in [2.75, 3.05) is 11.1 Å². The summed E-state index contributed by atoms with van der Waals surface area (Å²) in [6.07, 6.45) is 4.36. The number of nitrogens with zero attached hydrogens (tertiary/aromatic N) is 2. The van der Waals surface area contributed by atoms with E-state index >= 15 is 0 Å². The first-order valence-corrected chi connectivity index (χ1v) is 6.68. The minimum absolute atomic E-state index is 0.580. The first-order valence-electron chi connectivity index (χ1n) is 3.80. The Bertz CT molecular complexity index is 246. The summed E-state index contributed by atoms with van der Waals surface area (Å²) < 4.78 is 5.07. The summed E-state index contributed by atoms with van der Waals surface area (Å²) >= 11 is 6.88. The number of hydrogen-bond donors (Lipinski definition) is 0. The third-order valence-corrected chi connectivity index (χ3v) is 5.42. The van der Waals surface area contributed by atoms with Gasteiger partial charge in [-0.15, -0.1) is 0 Å². The van der Waals surface area contributed by atoms with Gasteiger partial charge in [0.25, 0.3) is 0 Å². The molecule has 5 heteroatoms. The molecular formula is C7H9BrN2S2. The number of hydrogen-bond acceptors (Lipinski definition) is 4. The molecule has 0 amide bonds. The Morgan fingerprint density at radius 3 is 3.00 bits per heavy atom. The van der Waals surface area contributed by atoms with Crippen molar-refractivity contribution in [2.24, 2.45) is 5.41 Å². The highest BCUT2D eigenvalue weighted by Gasteiger charge is 2.41. The molecular weight excluding hydrogens is 256 g/mol. The zero-order valence-electron chi connectivity index (χ0n) is 6.49. The van der Waals surface area contributed by atoms with Gasteiger partial charge in [-0.05, 0) is 29.8 Å². The van der Waals surface area contributed by atoms with Crippen LogP contribution >= 0.6 is 39.2 Å². The van der Waals surface area contributed by atoms with Gasteiger partial charge >= 0.3 is 0 Å². The second-order valence-corrected chi connectivity index (χ2v) is 5.69. The first-order chi connectivity index (χ1) is 5.85. The van der Waals surface area contributed by atoms with Gasteiger partial charge in [-0.25, -0.2) is 4.98 Å². The molecule has 66 valence electrons. The van der Waals surface area contributed by atoms with Crippen molar-refractivity contribution in [1.29, 1.82) is 0 Å². The van der Waals surface area contributed by atoms with E-state index in [0.29, 0.717) is 5.41 Å². The number of alkyl halides is 1. The zero-order chi connectivity index (χ0) is 8.44. The molecule has 0 aromatic carbocycles. The van der Waals surface area contributed by atoms with Gasteiger partial charge in [0.2, 0.25) is 0 Å². The van der Waals surface area contributed by atoms with Crippen molar-refractivity contribution in [1.82, 2.24) is 9.36 Å². The van der Waals surface area contributed by atoms with E-state index < -0.39 is 0 Å². The van der Waals surface area contributed by atoms with Crippen LogP contribution < -0.4 is 0 Å². The van der Waals surface area contributed by atoms with Gasteiger partial charge in [0.1, 0.15) is 6.33 Å². The van der Waals surface area contributed by atoms with Crippen LogP contribution in [-0.4, -0.2) is 20.4 Å². The Labute approximate surface area is 88.5 Å². The van der Waals surface area contributed by atoms with Crippen molar-refractivity contribution in [3.05, 3.63) is 6.33 Å². The van der Waals surface area contributed by atoms with E-state index in [-0.39, 0.29) is 0 Å². The highest BCUT2D eigenvalue weighted by atomic mass is 79.9. The van der Waals surface area contributed by atoms with Crippen LogP contribution in [0.15, 0.2) is 10.7 Å². The number of aromatic nitrogens is 2. The largest absolute Gasteiger partial charge is 0.216 e. The molecule has 0 aliphatic heterocycles. The third-order valence-electron chi connectivity index (χ3n) is 2.08. The molecule has 0 bridgehead atoms. The predicted molar refractivity (Wildman–Crippen MR) is 56.1 cm³/mol. The van der Waals surface area contributed by atoms with E-state index in [0.717, 1.165) is 9.67 Å². The summed E-state index contributed by atoms with van der Waals surface area (Å²) in [5.74, 6) is 1.19. The van der Waals surface area contributed by atoms with E-state index in [1.54, 1.807) is 6.33 Å². The van der Waals surface area contributed by atoms with Crippen LogP contribution in [0.4, 0.5) is 0 Å². The summed E-state index contributed by atoms with van der Waals surface area (Å²) in [7, 11) is 0. The molecule has 0 unspecified atom stereocenters. The second-order valence-electron chi connectivity index (χ2n) is 3.13. The lowest BCUT2D eigenvalue weighted by molar-refractivity contribution is 0.686. The maximum Gasteiger partial charge on any atom is 0.169 e. The van der Waals surface area contributed by atoms with Crippen molar-refractivity contribution >= 4 is 39.2 Å². The molecule has 12 heavy (non-hydrogen) atoms. The molecule has 1 fully saturated rings. The van der Waals surface area contributed by atoms with Gasteiger partial charge in [-0.3, -0.25) is 0 Å². The van der Waals surface area contributed by atoms with Crippen LogP contribution in [0.2, 0.25) is 0 Å². The summed E-state index contributed by atoms with van der Waals surface area (Å²) in [6, 6.07) is 0. The fourth-order valence-corrected chi connectivity index (χ4v) is 3.69. The maximum absolute atomic E-state index is 4.14. The molecule has 2 rings (SSSR count). The van der Waals surface area contributed by atoms with Crippen LogP contribution in [0.1, 0.15) is 12.8 Å². The highest BCUT2D eigenvalue weighted by molar-refractivity contribution is 9.09. The highest BCUT2D eigenvalue weighted by Crippen LogP contribution is 2.50. The summed E-state index contributed by atoms with van der Waals surface area (Å²) in [5.41, 5.74) is 0.580. The van der Waals surface area contributed by atoms with Crippen LogP contribution in [-0.2, 0) is 0 Å². The Kier molecular flexibility index (Phi) is 2.72. The van der Waals surface area contributed by atoms with Crippen molar-refractivity contribution in [3.8, 4) is 0 Å². The molecule has 2 nitrogen and oxygen atoms in total. The Morgan fingerprint density at radius 1 is 1.67 bits per heavy atom. The predicted octanol–water partition coefficient (Wildman–Crippen LogP) is 2.81. The van der Waals surface area contributed by atoms with Gasteiger partial charge in [0, 0.05) is 11.1 Å². The van der Waals surface area contributed by atoms with Crippen molar-refractivity contribution in [3.63, 3.8) is 0 Å². The van der Waals surface area contributed by atoms with Gasteiger partial charge < -0.3 is 0 Å². The lowest BCUT2D eigenvalue weighted by atomic mass is 10.2. The molecule has 1 aliphatic carbocycles. The standard InChI is InChI=1S/C7H9BrN2S2/c8-3-7(1-2-7)4-11-6-9-5-10-12-6/h5H,1-4H2. The van der Waals surface area contributed by atoms with Gasteiger partial charge in [0.05, 0.1) is 0 Å². The maximum atomic E-state index is 4.14. The van der Waals surface area contributed by atoms with Gasteiger partial charge in [0.15, 0.2) is 4.34 Å². The molecule has 0 radical (unpaired) electrons. The first kappa shape index (κ1) is 8.97. The molecule has 0 N–H and O–H groups in total. The van der Waals surface area contributed by atoms with Crippen LogP contribution in [0, 0.1) is 5.41 Å². The Morgan fingerprint density at radius 2 is 2.50 bits per heavy atom. The molecule has 1 aromatic rings. The number of rotatable bonds is 4. The van der Waals surface area contributed by atoms with Crippen molar-refractivity contribution in [2.45, 2.75) is 17.2 Å². The fourth-order valence-electron chi connectivity index (χ4n) is 0.935.